The van der Waals surface area contributed by atoms with Crippen LogP contribution in [-0.4, -0.2) is 12.6 Å². The van der Waals surface area contributed by atoms with Gasteiger partial charge in [0.2, 0.25) is 0 Å². The van der Waals surface area contributed by atoms with Gasteiger partial charge in [0.15, 0.2) is 0 Å². The zero-order valence-corrected chi connectivity index (χ0v) is 20.7. The first kappa shape index (κ1) is 29.2. The Morgan fingerprint density at radius 3 is 1.43 bits per heavy atom. The molecule has 0 N–H and O–H groups in total. The highest BCUT2D eigenvalue weighted by atomic mass is 16.5. The summed E-state index contributed by atoms with van der Waals surface area (Å²) in [5, 5.41) is 0. The number of esters is 1. The highest BCUT2D eigenvalue weighted by molar-refractivity contribution is 5.69. The Morgan fingerprint density at radius 1 is 0.533 bits per heavy atom. The normalized spacial score (nSPS) is 11.4. The Morgan fingerprint density at radius 2 is 0.933 bits per heavy atom. The van der Waals surface area contributed by atoms with Gasteiger partial charge in [-0.05, 0) is 38.5 Å². The molecule has 2 heteroatoms. The Bertz CT molecular complexity index is 362. The Labute approximate surface area is 189 Å². The van der Waals surface area contributed by atoms with Crippen molar-refractivity contribution < 1.29 is 9.53 Å². The molecule has 0 saturated heterocycles. The van der Waals surface area contributed by atoms with Gasteiger partial charge in [-0.2, -0.15) is 0 Å². The Hall–Kier alpha value is -0.790. The predicted molar refractivity (Wildman–Crippen MR) is 133 cm³/mol. The second-order valence-corrected chi connectivity index (χ2v) is 9.03. The highest BCUT2D eigenvalue weighted by Gasteiger charge is 2.02. The van der Waals surface area contributed by atoms with E-state index in [1.54, 1.807) is 0 Å². The summed E-state index contributed by atoms with van der Waals surface area (Å²) in [7, 11) is 0. The van der Waals surface area contributed by atoms with Crippen LogP contribution in [0, 0.1) is 0 Å². The largest absolute Gasteiger partial charge is 0.466 e. The third-order valence-corrected chi connectivity index (χ3v) is 5.90. The molecule has 0 aromatic rings. The van der Waals surface area contributed by atoms with E-state index in [0.717, 1.165) is 12.8 Å². The standard InChI is InChI=1S/C28H54O2/c1-3-5-7-9-11-13-14-15-16-17-18-19-20-22-24-26-28(29)30-27-25-23-21-12-10-8-6-4-2/h14-15H,3-13,16-27H2,1-2H3/b15-14+. The summed E-state index contributed by atoms with van der Waals surface area (Å²) in [5.41, 5.74) is 0. The van der Waals surface area contributed by atoms with Gasteiger partial charge >= 0.3 is 5.97 Å². The molecule has 0 aliphatic heterocycles. The molecule has 0 heterocycles. The van der Waals surface area contributed by atoms with E-state index in [-0.39, 0.29) is 5.97 Å². The number of carbonyl (C=O) groups excluding carboxylic acids is 1. The lowest BCUT2D eigenvalue weighted by Gasteiger charge is -2.05. The molecule has 0 aromatic heterocycles. The van der Waals surface area contributed by atoms with E-state index in [1.165, 1.54) is 122 Å². The topological polar surface area (TPSA) is 26.3 Å². The molecule has 0 aliphatic carbocycles. The van der Waals surface area contributed by atoms with Crippen molar-refractivity contribution in [1.82, 2.24) is 0 Å². The molecule has 0 saturated carbocycles. The molecule has 0 rings (SSSR count). The van der Waals surface area contributed by atoms with E-state index in [9.17, 15) is 4.79 Å². The van der Waals surface area contributed by atoms with E-state index in [4.69, 9.17) is 4.74 Å². The number of rotatable bonds is 24. The molecule has 30 heavy (non-hydrogen) atoms. The first-order chi connectivity index (χ1) is 14.8. The Kier molecular flexibility index (Phi) is 25.6. The van der Waals surface area contributed by atoms with Gasteiger partial charge in [-0.25, -0.2) is 0 Å². The number of carbonyl (C=O) groups is 1. The predicted octanol–water partition coefficient (Wildman–Crippen LogP) is 9.71. The van der Waals surface area contributed by atoms with Crippen LogP contribution in [0.2, 0.25) is 0 Å². The van der Waals surface area contributed by atoms with Gasteiger partial charge in [-0.3, -0.25) is 4.79 Å². The number of allylic oxidation sites excluding steroid dienone is 2. The summed E-state index contributed by atoms with van der Waals surface area (Å²) < 4.78 is 5.36. The smallest absolute Gasteiger partial charge is 0.305 e. The van der Waals surface area contributed by atoms with Crippen molar-refractivity contribution in [3.8, 4) is 0 Å². The molecule has 0 aromatic carbocycles. The third-order valence-electron chi connectivity index (χ3n) is 5.90. The van der Waals surface area contributed by atoms with Crippen molar-refractivity contribution in [1.29, 1.82) is 0 Å². The Balaban J connectivity index is 3.19. The molecular formula is C28H54O2. The summed E-state index contributed by atoms with van der Waals surface area (Å²) >= 11 is 0. The minimum absolute atomic E-state index is 0.0118. The van der Waals surface area contributed by atoms with Gasteiger partial charge in [0.25, 0.3) is 0 Å². The van der Waals surface area contributed by atoms with Gasteiger partial charge in [0.05, 0.1) is 6.61 Å². The average molecular weight is 423 g/mol. The maximum absolute atomic E-state index is 11.8. The molecule has 0 atom stereocenters. The minimum atomic E-state index is 0.0118. The van der Waals surface area contributed by atoms with Crippen LogP contribution in [0.15, 0.2) is 12.2 Å². The second-order valence-electron chi connectivity index (χ2n) is 9.03. The fourth-order valence-corrected chi connectivity index (χ4v) is 3.83. The van der Waals surface area contributed by atoms with Crippen molar-refractivity contribution in [2.24, 2.45) is 0 Å². The average Bonchev–Trinajstić information content (AvgIpc) is 2.75. The monoisotopic (exact) mass is 422 g/mol. The van der Waals surface area contributed by atoms with Gasteiger partial charge in [0.1, 0.15) is 0 Å². The lowest BCUT2D eigenvalue weighted by Crippen LogP contribution is -2.05. The van der Waals surface area contributed by atoms with Crippen LogP contribution < -0.4 is 0 Å². The fourth-order valence-electron chi connectivity index (χ4n) is 3.83. The summed E-state index contributed by atoms with van der Waals surface area (Å²) in [6.07, 6.45) is 32.4. The number of ether oxygens (including phenoxy) is 1. The van der Waals surface area contributed by atoms with Gasteiger partial charge in [-0.1, -0.05) is 122 Å². The summed E-state index contributed by atoms with van der Waals surface area (Å²) in [6, 6.07) is 0. The first-order valence-corrected chi connectivity index (χ1v) is 13.6. The molecule has 2 nitrogen and oxygen atoms in total. The molecule has 0 aliphatic rings. The molecular weight excluding hydrogens is 368 g/mol. The summed E-state index contributed by atoms with van der Waals surface area (Å²) in [5.74, 6) is 0.0118. The first-order valence-electron chi connectivity index (χ1n) is 13.6. The third kappa shape index (κ3) is 25.2. The van der Waals surface area contributed by atoms with Crippen LogP contribution in [0.3, 0.4) is 0 Å². The van der Waals surface area contributed by atoms with Crippen LogP contribution in [0.25, 0.3) is 0 Å². The number of hydrogen-bond acceptors (Lipinski definition) is 2. The van der Waals surface area contributed by atoms with Crippen LogP contribution in [-0.2, 0) is 9.53 Å². The van der Waals surface area contributed by atoms with Crippen molar-refractivity contribution in [2.75, 3.05) is 6.61 Å². The maximum Gasteiger partial charge on any atom is 0.305 e. The number of unbranched alkanes of at least 4 members (excludes halogenated alkanes) is 18. The zero-order valence-electron chi connectivity index (χ0n) is 20.7. The van der Waals surface area contributed by atoms with E-state index in [2.05, 4.69) is 26.0 Å². The van der Waals surface area contributed by atoms with E-state index >= 15 is 0 Å². The lowest BCUT2D eigenvalue weighted by atomic mass is 10.1. The van der Waals surface area contributed by atoms with E-state index in [1.807, 2.05) is 0 Å². The van der Waals surface area contributed by atoms with Crippen LogP contribution in [0.4, 0.5) is 0 Å². The molecule has 0 unspecified atom stereocenters. The summed E-state index contributed by atoms with van der Waals surface area (Å²) in [6.45, 7) is 5.15. The molecule has 0 amide bonds. The number of hydrogen-bond donors (Lipinski definition) is 0. The van der Waals surface area contributed by atoms with Gasteiger partial charge in [0, 0.05) is 6.42 Å². The second kappa shape index (κ2) is 26.2. The maximum atomic E-state index is 11.8. The highest BCUT2D eigenvalue weighted by Crippen LogP contribution is 2.11. The van der Waals surface area contributed by atoms with Crippen LogP contribution >= 0.6 is 0 Å². The lowest BCUT2D eigenvalue weighted by molar-refractivity contribution is -0.143. The van der Waals surface area contributed by atoms with E-state index in [0.29, 0.717) is 13.0 Å². The SMILES string of the molecule is CCCCCCC/C=C/CCCCCCCCC(=O)OCCCCCCCCCC. The zero-order chi connectivity index (χ0) is 22.0. The molecule has 178 valence electrons. The van der Waals surface area contributed by atoms with Crippen molar-refractivity contribution >= 4 is 5.97 Å². The molecule has 0 radical (unpaired) electrons. The molecule has 0 spiro atoms. The van der Waals surface area contributed by atoms with Crippen LogP contribution in [0.5, 0.6) is 0 Å². The van der Waals surface area contributed by atoms with Crippen molar-refractivity contribution in [3.63, 3.8) is 0 Å². The molecule has 0 fully saturated rings. The fraction of sp³-hybridized carbons (Fsp3) is 0.893. The minimum Gasteiger partial charge on any atom is -0.466 e. The van der Waals surface area contributed by atoms with Crippen LogP contribution in [0.1, 0.15) is 155 Å². The van der Waals surface area contributed by atoms with Crippen molar-refractivity contribution in [3.05, 3.63) is 12.2 Å². The van der Waals surface area contributed by atoms with Gasteiger partial charge in [-0.15, -0.1) is 0 Å². The van der Waals surface area contributed by atoms with E-state index < -0.39 is 0 Å². The summed E-state index contributed by atoms with van der Waals surface area (Å²) in [4.78, 5) is 11.8. The quantitative estimate of drug-likeness (QED) is 0.0878. The van der Waals surface area contributed by atoms with Crippen molar-refractivity contribution in [2.45, 2.75) is 155 Å². The molecule has 0 bridgehead atoms. The van der Waals surface area contributed by atoms with Gasteiger partial charge < -0.3 is 4.74 Å².